The average Bonchev–Trinajstić information content (AvgIpc) is 2.41. The van der Waals surface area contributed by atoms with E-state index in [1.807, 2.05) is 44.2 Å². The molecule has 19 heavy (non-hydrogen) atoms. The number of aryl methyl sites for hydroxylation is 1. The molecule has 0 aliphatic heterocycles. The smallest absolute Gasteiger partial charge is 0.159 e. The third-order valence-electron chi connectivity index (χ3n) is 3.00. The van der Waals surface area contributed by atoms with Crippen molar-refractivity contribution in [2.24, 2.45) is 5.73 Å². The van der Waals surface area contributed by atoms with Crippen molar-refractivity contribution in [2.75, 3.05) is 5.32 Å². The van der Waals surface area contributed by atoms with E-state index in [1.165, 1.54) is 0 Å². The first kappa shape index (κ1) is 13.4. The Hall–Kier alpha value is -2.01. The van der Waals surface area contributed by atoms with Gasteiger partial charge < -0.3 is 11.1 Å². The first-order valence-electron chi connectivity index (χ1n) is 6.01. The van der Waals surface area contributed by atoms with Gasteiger partial charge in [0.25, 0.3) is 0 Å². The van der Waals surface area contributed by atoms with E-state index in [4.69, 9.17) is 18.0 Å². The monoisotopic (exact) mass is 272 g/mol. The summed E-state index contributed by atoms with van der Waals surface area (Å²) in [4.78, 5) is 0.339. The number of aromatic nitrogens is 2. The van der Waals surface area contributed by atoms with Gasteiger partial charge in [0.2, 0.25) is 0 Å². The summed E-state index contributed by atoms with van der Waals surface area (Å²) in [5.41, 5.74) is 9.53. The molecule has 4 nitrogen and oxygen atoms in total. The fourth-order valence-corrected chi connectivity index (χ4v) is 2.07. The van der Waals surface area contributed by atoms with Crippen LogP contribution < -0.4 is 11.1 Å². The highest BCUT2D eigenvalue weighted by molar-refractivity contribution is 7.80. The van der Waals surface area contributed by atoms with Gasteiger partial charge in [0.15, 0.2) is 5.82 Å². The van der Waals surface area contributed by atoms with Crippen LogP contribution in [0.5, 0.6) is 0 Å². The Labute approximate surface area is 118 Å². The van der Waals surface area contributed by atoms with Crippen LogP contribution in [0.1, 0.15) is 22.4 Å². The van der Waals surface area contributed by atoms with Crippen molar-refractivity contribution in [2.45, 2.75) is 20.4 Å². The lowest BCUT2D eigenvalue weighted by Gasteiger charge is -2.13. The highest BCUT2D eigenvalue weighted by Crippen LogP contribution is 2.18. The highest BCUT2D eigenvalue weighted by atomic mass is 32.1. The minimum atomic E-state index is 0.339. The maximum absolute atomic E-state index is 5.78. The van der Waals surface area contributed by atoms with Gasteiger partial charge in [-0.3, -0.25) is 0 Å². The van der Waals surface area contributed by atoms with Crippen molar-refractivity contribution >= 4 is 23.0 Å². The number of thiocarbonyl (C=S) groups is 1. The third kappa shape index (κ3) is 3.06. The molecular weight excluding hydrogens is 256 g/mol. The number of nitrogens with one attached hydrogen (secondary N) is 1. The summed E-state index contributed by atoms with van der Waals surface area (Å²) >= 11 is 5.10. The Balaban J connectivity index is 2.26. The molecule has 3 N–H and O–H groups in total. The van der Waals surface area contributed by atoms with Crippen LogP contribution in [0.2, 0.25) is 0 Å². The van der Waals surface area contributed by atoms with Crippen LogP contribution in [0.25, 0.3) is 0 Å². The molecule has 0 radical (unpaired) electrons. The van der Waals surface area contributed by atoms with Gasteiger partial charge in [-0.25, -0.2) is 0 Å². The summed E-state index contributed by atoms with van der Waals surface area (Å²) in [6.45, 7) is 4.50. The van der Waals surface area contributed by atoms with Crippen LogP contribution in [-0.2, 0) is 6.54 Å². The molecule has 0 spiro atoms. The summed E-state index contributed by atoms with van der Waals surface area (Å²) in [6.07, 6.45) is 0. The zero-order valence-electron chi connectivity index (χ0n) is 11.0. The van der Waals surface area contributed by atoms with Gasteiger partial charge in [-0.15, -0.1) is 5.10 Å². The second-order valence-corrected chi connectivity index (χ2v) is 4.78. The predicted octanol–water partition coefficient (Wildman–Crippen LogP) is 2.34. The number of nitrogens with zero attached hydrogens (tertiary/aromatic N) is 2. The maximum atomic E-state index is 5.78. The molecule has 2 aromatic rings. The molecule has 98 valence electrons. The largest absolute Gasteiger partial charge is 0.389 e. The molecule has 0 fully saturated rings. The molecule has 0 bridgehead atoms. The van der Waals surface area contributed by atoms with E-state index in [0.717, 1.165) is 22.4 Å². The molecule has 5 heteroatoms. The summed E-state index contributed by atoms with van der Waals surface area (Å²) in [5, 5.41) is 11.5. The van der Waals surface area contributed by atoms with Crippen molar-refractivity contribution < 1.29 is 0 Å². The predicted molar refractivity (Wildman–Crippen MR) is 81.2 cm³/mol. The average molecular weight is 272 g/mol. The number of hydrogen-bond acceptors (Lipinski definition) is 4. The van der Waals surface area contributed by atoms with E-state index < -0.39 is 0 Å². The van der Waals surface area contributed by atoms with E-state index in [0.29, 0.717) is 17.4 Å². The number of hydrogen-bond donors (Lipinski definition) is 2. The van der Waals surface area contributed by atoms with Gasteiger partial charge in [0.1, 0.15) is 4.99 Å². The Morgan fingerprint density at radius 2 is 1.89 bits per heavy atom. The normalized spacial score (nSPS) is 10.2. The van der Waals surface area contributed by atoms with Gasteiger partial charge in [-0.2, -0.15) is 5.10 Å². The zero-order valence-corrected chi connectivity index (χ0v) is 11.8. The molecule has 0 saturated heterocycles. The maximum Gasteiger partial charge on any atom is 0.159 e. The van der Waals surface area contributed by atoms with E-state index in [2.05, 4.69) is 15.5 Å². The number of nitrogens with two attached hydrogens (primary N) is 1. The summed E-state index contributed by atoms with van der Waals surface area (Å²) < 4.78 is 0. The Morgan fingerprint density at radius 3 is 2.53 bits per heavy atom. The minimum Gasteiger partial charge on any atom is -0.389 e. The Bertz CT molecular complexity index is 596. The van der Waals surface area contributed by atoms with E-state index in [9.17, 15) is 0 Å². The van der Waals surface area contributed by atoms with E-state index in [1.54, 1.807) is 0 Å². The quantitative estimate of drug-likeness (QED) is 0.836. The standard InChI is InChI=1S/C14H16N4S/c1-9-10(2)17-18-14(12(9)13(15)19)16-8-11-6-4-3-5-7-11/h3-7H,8H2,1-2H3,(H2,15,19)(H,16,18). The molecule has 1 heterocycles. The molecule has 0 aliphatic rings. The van der Waals surface area contributed by atoms with Gasteiger partial charge in [0, 0.05) is 6.54 Å². The van der Waals surface area contributed by atoms with Crippen molar-refractivity contribution in [1.29, 1.82) is 0 Å². The number of benzene rings is 1. The van der Waals surface area contributed by atoms with Crippen LogP contribution in [0, 0.1) is 13.8 Å². The first-order valence-corrected chi connectivity index (χ1v) is 6.42. The number of rotatable bonds is 4. The first-order chi connectivity index (χ1) is 9.09. The molecule has 0 atom stereocenters. The van der Waals surface area contributed by atoms with Gasteiger partial charge >= 0.3 is 0 Å². The summed E-state index contributed by atoms with van der Waals surface area (Å²) in [6, 6.07) is 10.1. The lowest BCUT2D eigenvalue weighted by atomic mass is 10.1. The van der Waals surface area contributed by atoms with Crippen molar-refractivity contribution in [1.82, 2.24) is 10.2 Å². The van der Waals surface area contributed by atoms with Gasteiger partial charge in [-0.1, -0.05) is 42.5 Å². The number of anilines is 1. The molecule has 0 amide bonds. The molecule has 0 unspecified atom stereocenters. The summed E-state index contributed by atoms with van der Waals surface area (Å²) in [7, 11) is 0. The second kappa shape index (κ2) is 5.75. The van der Waals surface area contributed by atoms with Crippen LogP contribution >= 0.6 is 12.2 Å². The van der Waals surface area contributed by atoms with Crippen molar-refractivity contribution in [3.8, 4) is 0 Å². The lowest BCUT2D eigenvalue weighted by Crippen LogP contribution is -2.18. The molecule has 2 rings (SSSR count). The molecule has 1 aromatic carbocycles. The van der Waals surface area contributed by atoms with Crippen LogP contribution in [0.3, 0.4) is 0 Å². The van der Waals surface area contributed by atoms with Gasteiger partial charge in [-0.05, 0) is 25.0 Å². The SMILES string of the molecule is Cc1nnc(NCc2ccccc2)c(C(N)=S)c1C. The topological polar surface area (TPSA) is 63.8 Å². The molecule has 0 aliphatic carbocycles. The second-order valence-electron chi connectivity index (χ2n) is 4.34. The van der Waals surface area contributed by atoms with E-state index in [-0.39, 0.29) is 0 Å². The minimum absolute atomic E-state index is 0.339. The van der Waals surface area contributed by atoms with Crippen LogP contribution in [-0.4, -0.2) is 15.2 Å². The van der Waals surface area contributed by atoms with E-state index >= 15 is 0 Å². The fourth-order valence-electron chi connectivity index (χ4n) is 1.82. The molecule has 0 saturated carbocycles. The van der Waals surface area contributed by atoms with Crippen LogP contribution in [0.4, 0.5) is 5.82 Å². The van der Waals surface area contributed by atoms with Crippen molar-refractivity contribution in [3.05, 3.63) is 52.7 Å². The molecule has 1 aromatic heterocycles. The highest BCUT2D eigenvalue weighted by Gasteiger charge is 2.13. The Morgan fingerprint density at radius 1 is 1.21 bits per heavy atom. The van der Waals surface area contributed by atoms with Gasteiger partial charge in [0.05, 0.1) is 11.3 Å². The Kier molecular flexibility index (Phi) is 4.06. The van der Waals surface area contributed by atoms with Crippen LogP contribution in [0.15, 0.2) is 30.3 Å². The zero-order chi connectivity index (χ0) is 13.8. The summed E-state index contributed by atoms with van der Waals surface area (Å²) in [5.74, 6) is 0.638. The third-order valence-corrected chi connectivity index (χ3v) is 3.21. The molecular formula is C14H16N4S. The fraction of sp³-hybridized carbons (Fsp3) is 0.214. The van der Waals surface area contributed by atoms with Crippen molar-refractivity contribution in [3.63, 3.8) is 0 Å². The lowest BCUT2D eigenvalue weighted by molar-refractivity contribution is 0.943.